The van der Waals surface area contributed by atoms with Gasteiger partial charge in [-0.3, -0.25) is 14.4 Å². The molecular weight excluding hydrogens is 589 g/mol. The van der Waals surface area contributed by atoms with E-state index in [2.05, 4.69) is 26.5 Å². The highest BCUT2D eigenvalue weighted by molar-refractivity contribution is 9.10. The number of amides is 3. The standard InChI is InChI=1S/C32H21BrFN3O4/c33-17-9-14-25(38)22(15-17)29(39)36-35-16-32-23-7-3-1-5-20(23)26(21-6-2-4-8-24(21)32)27-28(32)31(41)37(30(27)40)19-12-10-18(34)11-13-19/h1-16,26-28,38H,(H,36,39)/b35-16+. The summed E-state index contributed by atoms with van der Waals surface area (Å²) in [4.78, 5) is 42.5. The maximum Gasteiger partial charge on any atom is 0.275 e. The third-order valence-electron chi connectivity index (χ3n) is 8.41. The van der Waals surface area contributed by atoms with Gasteiger partial charge < -0.3 is 5.11 Å². The summed E-state index contributed by atoms with van der Waals surface area (Å²) in [6, 6.07) is 25.1. The quantitative estimate of drug-likeness (QED) is 0.187. The molecule has 4 aromatic rings. The normalized spacial score (nSPS) is 23.9. The Labute approximate surface area is 242 Å². The number of halogens is 2. The van der Waals surface area contributed by atoms with E-state index in [0.717, 1.165) is 27.2 Å². The summed E-state index contributed by atoms with van der Waals surface area (Å²) in [5.41, 5.74) is 5.13. The molecule has 4 aliphatic rings. The van der Waals surface area contributed by atoms with Crippen molar-refractivity contribution in [1.29, 1.82) is 0 Å². The van der Waals surface area contributed by atoms with Gasteiger partial charge in [0.15, 0.2) is 0 Å². The second-order valence-electron chi connectivity index (χ2n) is 10.4. The van der Waals surface area contributed by atoms with Crippen molar-refractivity contribution in [1.82, 2.24) is 5.43 Å². The van der Waals surface area contributed by atoms with Crippen molar-refractivity contribution in [3.63, 3.8) is 0 Å². The van der Waals surface area contributed by atoms with Crippen LogP contribution in [-0.2, 0) is 15.0 Å². The molecule has 4 aromatic carbocycles. The Morgan fingerprint density at radius 3 is 2.22 bits per heavy atom. The molecule has 1 heterocycles. The second kappa shape index (κ2) is 9.21. The Bertz CT molecular complexity index is 1760. The van der Waals surface area contributed by atoms with Crippen LogP contribution in [0.4, 0.5) is 10.1 Å². The van der Waals surface area contributed by atoms with Gasteiger partial charge in [0.25, 0.3) is 5.91 Å². The molecule has 2 bridgehead atoms. The van der Waals surface area contributed by atoms with Crippen LogP contribution in [0.2, 0.25) is 0 Å². The van der Waals surface area contributed by atoms with Crippen LogP contribution in [0.25, 0.3) is 0 Å². The Balaban J connectivity index is 1.40. The second-order valence-corrected chi connectivity index (χ2v) is 11.3. The molecule has 0 aromatic heterocycles. The van der Waals surface area contributed by atoms with E-state index in [1.165, 1.54) is 36.4 Å². The zero-order valence-corrected chi connectivity index (χ0v) is 22.9. The van der Waals surface area contributed by atoms with E-state index >= 15 is 0 Å². The average Bonchev–Trinajstić information content (AvgIpc) is 3.25. The Kier molecular flexibility index (Phi) is 5.69. The first kappa shape index (κ1) is 25.3. The zero-order valence-electron chi connectivity index (χ0n) is 21.3. The highest BCUT2D eigenvalue weighted by Crippen LogP contribution is 2.63. The minimum Gasteiger partial charge on any atom is -0.507 e. The van der Waals surface area contributed by atoms with Gasteiger partial charge in [0.05, 0.1) is 28.5 Å². The van der Waals surface area contributed by atoms with Gasteiger partial charge in [-0.2, -0.15) is 5.10 Å². The highest BCUT2D eigenvalue weighted by atomic mass is 79.9. The van der Waals surface area contributed by atoms with Crippen LogP contribution in [-0.4, -0.2) is 29.0 Å². The van der Waals surface area contributed by atoms with Gasteiger partial charge in [-0.15, -0.1) is 0 Å². The molecule has 8 rings (SSSR count). The van der Waals surface area contributed by atoms with Crippen LogP contribution in [0.1, 0.15) is 38.5 Å². The fourth-order valence-electron chi connectivity index (χ4n) is 6.84. The topological polar surface area (TPSA) is 99.1 Å². The van der Waals surface area contributed by atoms with Crippen LogP contribution >= 0.6 is 15.9 Å². The number of hydrazone groups is 1. The lowest BCUT2D eigenvalue weighted by Crippen LogP contribution is -2.54. The van der Waals surface area contributed by atoms with Gasteiger partial charge in [0.1, 0.15) is 11.6 Å². The molecule has 9 heteroatoms. The Morgan fingerprint density at radius 2 is 1.56 bits per heavy atom. The van der Waals surface area contributed by atoms with Crippen molar-refractivity contribution in [2.24, 2.45) is 16.9 Å². The van der Waals surface area contributed by atoms with Crippen LogP contribution in [0.3, 0.4) is 0 Å². The predicted molar refractivity (Wildman–Crippen MR) is 153 cm³/mol. The largest absolute Gasteiger partial charge is 0.507 e. The maximum absolute atomic E-state index is 14.3. The number of benzene rings is 4. The number of hydrogen-bond acceptors (Lipinski definition) is 5. The van der Waals surface area contributed by atoms with Gasteiger partial charge in [-0.25, -0.2) is 14.7 Å². The SMILES string of the molecule is O=C(N/N=C/C12c3ccccc3C(c3ccccc31)C1C(=O)N(c3ccc(F)cc3)C(=O)C12)c1cc(Br)ccc1O. The van der Waals surface area contributed by atoms with Crippen molar-refractivity contribution >= 4 is 45.6 Å². The number of carbonyl (C=O) groups is 3. The molecule has 0 saturated carbocycles. The number of phenols is 1. The first-order valence-electron chi connectivity index (χ1n) is 13.0. The summed E-state index contributed by atoms with van der Waals surface area (Å²) >= 11 is 3.30. The van der Waals surface area contributed by atoms with E-state index in [-0.39, 0.29) is 23.1 Å². The smallest absolute Gasteiger partial charge is 0.275 e. The number of carbonyl (C=O) groups excluding carboxylic acids is 3. The fraction of sp³-hybridized carbons (Fsp3) is 0.125. The molecule has 2 unspecified atom stereocenters. The van der Waals surface area contributed by atoms with Gasteiger partial charge in [-0.1, -0.05) is 64.5 Å². The van der Waals surface area contributed by atoms with Crippen molar-refractivity contribution < 1.29 is 23.9 Å². The van der Waals surface area contributed by atoms with Crippen LogP contribution < -0.4 is 10.3 Å². The van der Waals surface area contributed by atoms with Crippen molar-refractivity contribution in [3.8, 4) is 5.75 Å². The van der Waals surface area contributed by atoms with E-state index in [1.807, 2.05) is 48.5 Å². The molecule has 3 amide bonds. The first-order chi connectivity index (χ1) is 19.8. The molecule has 2 N–H and O–H groups in total. The lowest BCUT2D eigenvalue weighted by molar-refractivity contribution is -0.122. The van der Waals surface area contributed by atoms with E-state index in [1.54, 1.807) is 12.3 Å². The number of hydrogen-bond donors (Lipinski definition) is 2. The van der Waals surface area contributed by atoms with Crippen LogP contribution in [0.15, 0.2) is 101 Å². The fourth-order valence-corrected chi connectivity index (χ4v) is 7.20. The Hall–Kier alpha value is -4.63. The summed E-state index contributed by atoms with van der Waals surface area (Å²) in [7, 11) is 0. The lowest BCUT2D eigenvalue weighted by Gasteiger charge is -2.52. The van der Waals surface area contributed by atoms with Crippen LogP contribution in [0.5, 0.6) is 5.75 Å². The van der Waals surface area contributed by atoms with E-state index in [0.29, 0.717) is 10.2 Å². The number of anilines is 1. The average molecular weight is 610 g/mol. The van der Waals surface area contributed by atoms with Crippen LogP contribution in [0, 0.1) is 17.7 Å². The summed E-state index contributed by atoms with van der Waals surface area (Å²) in [6.45, 7) is 0. The van der Waals surface area contributed by atoms with E-state index in [4.69, 9.17) is 0 Å². The van der Waals surface area contributed by atoms with Gasteiger partial charge in [0, 0.05) is 16.6 Å². The Morgan fingerprint density at radius 1 is 0.927 bits per heavy atom. The summed E-state index contributed by atoms with van der Waals surface area (Å²) in [5.74, 6) is -4.04. The minimum atomic E-state index is -1.18. The number of phenolic OH excluding ortho intramolecular Hbond substituents is 1. The lowest BCUT2D eigenvalue weighted by atomic mass is 9.47. The van der Waals surface area contributed by atoms with Gasteiger partial charge >= 0.3 is 0 Å². The molecule has 41 heavy (non-hydrogen) atoms. The minimum absolute atomic E-state index is 0.0228. The highest BCUT2D eigenvalue weighted by Gasteiger charge is 2.68. The number of nitrogens with one attached hydrogen (secondary N) is 1. The molecule has 1 saturated heterocycles. The molecule has 1 fully saturated rings. The number of rotatable bonds is 4. The summed E-state index contributed by atoms with van der Waals surface area (Å²) in [6.07, 6.45) is 1.55. The number of nitrogens with zero attached hydrogens (tertiary/aromatic N) is 2. The third-order valence-corrected chi connectivity index (χ3v) is 8.90. The maximum atomic E-state index is 14.3. The van der Waals surface area contributed by atoms with Gasteiger partial charge in [0.2, 0.25) is 11.8 Å². The number of imide groups is 1. The monoisotopic (exact) mass is 609 g/mol. The molecule has 3 aliphatic carbocycles. The third kappa shape index (κ3) is 3.55. The molecule has 7 nitrogen and oxygen atoms in total. The van der Waals surface area contributed by atoms with Crippen molar-refractivity contribution in [2.75, 3.05) is 4.90 Å². The molecule has 2 atom stereocenters. The number of aromatic hydroxyl groups is 1. The van der Waals surface area contributed by atoms with Gasteiger partial charge in [-0.05, 0) is 64.7 Å². The molecular formula is C32H21BrFN3O4. The summed E-state index contributed by atoms with van der Waals surface area (Å²) in [5, 5.41) is 14.6. The van der Waals surface area contributed by atoms with E-state index < -0.39 is 34.9 Å². The van der Waals surface area contributed by atoms with Crippen molar-refractivity contribution in [3.05, 3.63) is 129 Å². The molecule has 202 valence electrons. The predicted octanol–water partition coefficient (Wildman–Crippen LogP) is 5.26. The molecule has 1 aliphatic heterocycles. The molecule has 0 spiro atoms. The first-order valence-corrected chi connectivity index (χ1v) is 13.8. The van der Waals surface area contributed by atoms with E-state index in [9.17, 15) is 23.9 Å². The summed E-state index contributed by atoms with van der Waals surface area (Å²) < 4.78 is 14.3. The van der Waals surface area contributed by atoms with Crippen molar-refractivity contribution in [2.45, 2.75) is 11.3 Å². The molecule has 0 radical (unpaired) electrons. The zero-order chi connectivity index (χ0) is 28.5.